The fourth-order valence-corrected chi connectivity index (χ4v) is 3.42. The number of aryl methyl sites for hydroxylation is 1. The maximum Gasteiger partial charge on any atom is 0.240 e. The number of ether oxygens (including phenoxy) is 1. The lowest BCUT2D eigenvalue weighted by atomic mass is 10.1. The highest BCUT2D eigenvalue weighted by Gasteiger charge is 2.24. The minimum atomic E-state index is 0.306. The van der Waals surface area contributed by atoms with Crippen LogP contribution in [0.4, 0.5) is 5.69 Å². The molecule has 1 unspecified atom stereocenters. The first-order chi connectivity index (χ1) is 11.8. The van der Waals surface area contributed by atoms with Crippen molar-refractivity contribution in [2.24, 2.45) is 0 Å². The van der Waals surface area contributed by atoms with Gasteiger partial charge in [0.05, 0.1) is 13.2 Å². The summed E-state index contributed by atoms with van der Waals surface area (Å²) in [5.74, 6) is 1.84. The summed E-state index contributed by atoms with van der Waals surface area (Å²) in [6, 6.07) is 8.71. The van der Waals surface area contributed by atoms with Crippen molar-refractivity contribution < 1.29 is 9.26 Å². The van der Waals surface area contributed by atoms with Crippen LogP contribution in [-0.4, -0.2) is 54.4 Å². The molecule has 1 aromatic carbocycles. The number of hydrogen-bond acceptors (Lipinski definition) is 6. The van der Waals surface area contributed by atoms with Gasteiger partial charge in [-0.15, -0.1) is 0 Å². The zero-order valence-corrected chi connectivity index (χ0v) is 14.1. The highest BCUT2D eigenvalue weighted by molar-refractivity contribution is 5.48. The van der Waals surface area contributed by atoms with Crippen LogP contribution in [0.15, 0.2) is 28.8 Å². The van der Waals surface area contributed by atoms with E-state index >= 15 is 0 Å². The van der Waals surface area contributed by atoms with E-state index in [1.54, 1.807) is 0 Å². The Morgan fingerprint density at radius 3 is 2.83 bits per heavy atom. The molecule has 0 bridgehead atoms. The van der Waals surface area contributed by atoms with Gasteiger partial charge in [0.2, 0.25) is 5.89 Å². The Balaban J connectivity index is 1.31. The van der Waals surface area contributed by atoms with E-state index in [1.807, 2.05) is 0 Å². The van der Waals surface area contributed by atoms with Crippen molar-refractivity contribution >= 4 is 5.69 Å². The van der Waals surface area contributed by atoms with Gasteiger partial charge in [-0.3, -0.25) is 4.90 Å². The minimum absolute atomic E-state index is 0.306. The second-order valence-corrected chi connectivity index (χ2v) is 6.71. The average molecular weight is 328 g/mol. The number of piperazine rings is 1. The molecule has 0 amide bonds. The standard InChI is InChI=1S/C18H24N4O2/c1-14-3-2-4-16(11-14)22-8-6-21(7-9-22)12-17-19-18(20-24-17)15-5-10-23-13-15/h2-4,11,15H,5-10,12-13H2,1H3. The molecule has 2 aliphatic heterocycles. The van der Waals surface area contributed by atoms with E-state index in [-0.39, 0.29) is 0 Å². The SMILES string of the molecule is Cc1cccc(N2CCN(Cc3nc(C4CCOC4)no3)CC2)c1. The predicted octanol–water partition coefficient (Wildman–Crippen LogP) is 2.20. The summed E-state index contributed by atoms with van der Waals surface area (Å²) in [4.78, 5) is 9.39. The summed E-state index contributed by atoms with van der Waals surface area (Å²) in [7, 11) is 0. The van der Waals surface area contributed by atoms with Crippen LogP contribution in [0, 0.1) is 6.92 Å². The lowest BCUT2D eigenvalue weighted by Crippen LogP contribution is -2.46. The molecule has 2 aromatic rings. The molecule has 0 radical (unpaired) electrons. The van der Waals surface area contributed by atoms with Crippen molar-refractivity contribution in [1.82, 2.24) is 15.0 Å². The van der Waals surface area contributed by atoms with Crippen molar-refractivity contribution in [2.45, 2.75) is 25.8 Å². The number of rotatable bonds is 4. The molecule has 0 N–H and O–H groups in total. The van der Waals surface area contributed by atoms with Crippen LogP contribution >= 0.6 is 0 Å². The number of benzene rings is 1. The fourth-order valence-electron chi connectivity index (χ4n) is 3.42. The Hall–Kier alpha value is -1.92. The summed E-state index contributed by atoms with van der Waals surface area (Å²) in [6.07, 6.45) is 0.994. The Morgan fingerprint density at radius 2 is 2.08 bits per heavy atom. The van der Waals surface area contributed by atoms with Crippen LogP contribution in [0.25, 0.3) is 0 Å². The quantitative estimate of drug-likeness (QED) is 0.858. The van der Waals surface area contributed by atoms with E-state index in [0.717, 1.165) is 57.5 Å². The molecule has 0 spiro atoms. The molecule has 2 aliphatic rings. The Labute approximate surface area is 142 Å². The first-order valence-corrected chi connectivity index (χ1v) is 8.72. The van der Waals surface area contributed by atoms with E-state index in [9.17, 15) is 0 Å². The van der Waals surface area contributed by atoms with Gasteiger partial charge < -0.3 is 14.2 Å². The lowest BCUT2D eigenvalue weighted by molar-refractivity contribution is 0.192. The summed E-state index contributed by atoms with van der Waals surface area (Å²) >= 11 is 0. The fraction of sp³-hybridized carbons (Fsp3) is 0.556. The second-order valence-electron chi connectivity index (χ2n) is 6.71. The third-order valence-corrected chi connectivity index (χ3v) is 4.88. The Bertz CT molecular complexity index is 673. The predicted molar refractivity (Wildman–Crippen MR) is 91.1 cm³/mol. The number of anilines is 1. The van der Waals surface area contributed by atoms with Crippen LogP contribution < -0.4 is 4.90 Å². The molecule has 2 fully saturated rings. The van der Waals surface area contributed by atoms with Crippen LogP contribution in [0.2, 0.25) is 0 Å². The first-order valence-electron chi connectivity index (χ1n) is 8.72. The van der Waals surface area contributed by atoms with E-state index in [2.05, 4.69) is 51.1 Å². The maximum atomic E-state index is 5.44. The monoisotopic (exact) mass is 328 g/mol. The molecular formula is C18H24N4O2. The lowest BCUT2D eigenvalue weighted by Gasteiger charge is -2.35. The summed E-state index contributed by atoms with van der Waals surface area (Å²) in [5.41, 5.74) is 2.63. The summed E-state index contributed by atoms with van der Waals surface area (Å²) in [6.45, 7) is 8.48. The van der Waals surface area contributed by atoms with Crippen LogP contribution in [0.5, 0.6) is 0 Å². The Morgan fingerprint density at radius 1 is 1.21 bits per heavy atom. The van der Waals surface area contributed by atoms with Gasteiger partial charge in [-0.05, 0) is 31.0 Å². The van der Waals surface area contributed by atoms with Crippen molar-refractivity contribution in [2.75, 3.05) is 44.3 Å². The Kier molecular flexibility index (Phi) is 4.49. The second kappa shape index (κ2) is 6.91. The topological polar surface area (TPSA) is 54.6 Å². The summed E-state index contributed by atoms with van der Waals surface area (Å²) in [5, 5.41) is 4.13. The number of nitrogens with zero attached hydrogens (tertiary/aromatic N) is 4. The summed E-state index contributed by atoms with van der Waals surface area (Å²) < 4.78 is 10.8. The van der Waals surface area contributed by atoms with Crippen molar-refractivity contribution in [3.05, 3.63) is 41.5 Å². The molecule has 24 heavy (non-hydrogen) atoms. The average Bonchev–Trinajstić information content (AvgIpc) is 3.27. The highest BCUT2D eigenvalue weighted by Crippen LogP contribution is 2.23. The normalized spacial score (nSPS) is 22.2. The molecule has 2 saturated heterocycles. The van der Waals surface area contributed by atoms with Gasteiger partial charge in [0.15, 0.2) is 5.82 Å². The molecule has 0 aliphatic carbocycles. The van der Waals surface area contributed by atoms with Gasteiger partial charge in [-0.1, -0.05) is 17.3 Å². The molecule has 4 rings (SSSR count). The van der Waals surface area contributed by atoms with Gasteiger partial charge in [0, 0.05) is 44.4 Å². The van der Waals surface area contributed by atoms with Gasteiger partial charge in [-0.25, -0.2) is 0 Å². The third-order valence-electron chi connectivity index (χ3n) is 4.88. The molecular weight excluding hydrogens is 304 g/mol. The smallest absolute Gasteiger partial charge is 0.240 e. The van der Waals surface area contributed by atoms with Crippen LogP contribution in [-0.2, 0) is 11.3 Å². The van der Waals surface area contributed by atoms with Crippen molar-refractivity contribution in [3.63, 3.8) is 0 Å². The van der Waals surface area contributed by atoms with Crippen LogP contribution in [0.3, 0.4) is 0 Å². The minimum Gasteiger partial charge on any atom is -0.381 e. The van der Waals surface area contributed by atoms with Gasteiger partial charge in [0.1, 0.15) is 0 Å². The zero-order valence-electron chi connectivity index (χ0n) is 14.1. The third kappa shape index (κ3) is 3.44. The molecule has 1 atom stereocenters. The van der Waals surface area contributed by atoms with Crippen molar-refractivity contribution in [3.8, 4) is 0 Å². The molecule has 0 saturated carbocycles. The van der Waals surface area contributed by atoms with Gasteiger partial charge in [-0.2, -0.15) is 4.98 Å². The first kappa shape index (κ1) is 15.6. The van der Waals surface area contributed by atoms with E-state index in [0.29, 0.717) is 12.5 Å². The number of aromatic nitrogens is 2. The zero-order chi connectivity index (χ0) is 16.4. The molecule has 128 valence electrons. The van der Waals surface area contributed by atoms with Crippen LogP contribution in [0.1, 0.15) is 29.6 Å². The van der Waals surface area contributed by atoms with E-state index in [1.165, 1.54) is 11.3 Å². The molecule has 3 heterocycles. The van der Waals surface area contributed by atoms with Gasteiger partial charge >= 0.3 is 0 Å². The largest absolute Gasteiger partial charge is 0.381 e. The maximum absolute atomic E-state index is 5.44. The number of hydrogen-bond donors (Lipinski definition) is 0. The molecule has 6 heteroatoms. The molecule has 1 aromatic heterocycles. The molecule has 6 nitrogen and oxygen atoms in total. The highest BCUT2D eigenvalue weighted by atomic mass is 16.5. The van der Waals surface area contributed by atoms with Gasteiger partial charge in [0.25, 0.3) is 0 Å². The van der Waals surface area contributed by atoms with E-state index < -0.39 is 0 Å². The van der Waals surface area contributed by atoms with E-state index in [4.69, 9.17) is 9.26 Å². The van der Waals surface area contributed by atoms with Crippen molar-refractivity contribution in [1.29, 1.82) is 0 Å².